The lowest BCUT2D eigenvalue weighted by Gasteiger charge is -1.92. The molecule has 1 aromatic heterocycles. The minimum absolute atomic E-state index is 1.16. The number of aromatic nitrogens is 1. The van der Waals surface area contributed by atoms with E-state index in [1.165, 1.54) is 0 Å². The molecule has 0 saturated heterocycles. The fourth-order valence-electron chi connectivity index (χ4n) is 0.781. The van der Waals surface area contributed by atoms with Gasteiger partial charge in [0.15, 0.2) is 0 Å². The van der Waals surface area contributed by atoms with Gasteiger partial charge in [-0.2, -0.15) is 0 Å². The fraction of sp³-hybridized carbons (Fsp3) is 0.100. The van der Waals surface area contributed by atoms with Crippen LogP contribution in [0.2, 0.25) is 0 Å². The molecule has 0 spiro atoms. The molecule has 11 heavy (non-hydrogen) atoms. The third kappa shape index (κ3) is 2.38. The number of nitrogens with zero attached hydrogens (tertiary/aromatic N) is 1. The molecule has 0 aliphatic rings. The zero-order chi connectivity index (χ0) is 8.10. The Morgan fingerprint density at radius 2 is 2.09 bits per heavy atom. The Morgan fingerprint density at radius 3 is 2.64 bits per heavy atom. The Labute approximate surface area is 67.1 Å². The van der Waals surface area contributed by atoms with Crippen molar-refractivity contribution in [2.45, 2.75) is 6.92 Å². The van der Waals surface area contributed by atoms with Crippen LogP contribution in [0.5, 0.6) is 0 Å². The van der Waals surface area contributed by atoms with Gasteiger partial charge < -0.3 is 0 Å². The lowest BCUT2D eigenvalue weighted by Crippen LogP contribution is -1.73. The minimum atomic E-state index is 1.16. The summed E-state index contributed by atoms with van der Waals surface area (Å²) in [7, 11) is 0. The largest absolute Gasteiger partial charge is 0.265 e. The zero-order valence-electron chi connectivity index (χ0n) is 6.62. The average Bonchev–Trinajstić information content (AvgIpc) is 2.06. The SMILES string of the molecule is C=C/C(C)=C\c1ccncc1. The number of hydrogen-bond donors (Lipinski definition) is 0. The van der Waals surface area contributed by atoms with Crippen LogP contribution >= 0.6 is 0 Å². The second kappa shape index (κ2) is 3.71. The Morgan fingerprint density at radius 1 is 1.45 bits per heavy atom. The highest BCUT2D eigenvalue weighted by Gasteiger charge is 1.84. The summed E-state index contributed by atoms with van der Waals surface area (Å²) in [6, 6.07) is 3.93. The van der Waals surface area contributed by atoms with Gasteiger partial charge in [0.25, 0.3) is 0 Å². The van der Waals surface area contributed by atoms with Gasteiger partial charge in [-0.25, -0.2) is 0 Å². The van der Waals surface area contributed by atoms with Crippen LogP contribution in [0, 0.1) is 0 Å². The molecule has 1 aromatic rings. The molecule has 0 aliphatic heterocycles. The second-order valence-electron chi connectivity index (χ2n) is 2.37. The Hall–Kier alpha value is -1.37. The molecule has 1 heterocycles. The van der Waals surface area contributed by atoms with E-state index in [4.69, 9.17) is 0 Å². The maximum absolute atomic E-state index is 3.92. The number of allylic oxidation sites excluding steroid dienone is 2. The molecule has 56 valence electrons. The number of rotatable bonds is 2. The molecule has 0 atom stereocenters. The van der Waals surface area contributed by atoms with Gasteiger partial charge in [-0.3, -0.25) is 4.98 Å². The summed E-state index contributed by atoms with van der Waals surface area (Å²) in [5.41, 5.74) is 2.33. The highest BCUT2D eigenvalue weighted by atomic mass is 14.6. The first-order chi connectivity index (χ1) is 5.33. The van der Waals surface area contributed by atoms with Crippen LogP contribution in [0.1, 0.15) is 12.5 Å². The van der Waals surface area contributed by atoms with Gasteiger partial charge in [0.05, 0.1) is 0 Å². The summed E-state index contributed by atoms with van der Waals surface area (Å²) in [5.74, 6) is 0. The van der Waals surface area contributed by atoms with E-state index in [0.29, 0.717) is 0 Å². The molecular weight excluding hydrogens is 134 g/mol. The maximum atomic E-state index is 3.92. The molecule has 1 rings (SSSR count). The van der Waals surface area contributed by atoms with Gasteiger partial charge in [-0.1, -0.05) is 24.3 Å². The van der Waals surface area contributed by atoms with Crippen LogP contribution in [0.3, 0.4) is 0 Å². The molecule has 0 bridgehead atoms. The Balaban J connectivity index is 2.87. The molecule has 0 unspecified atom stereocenters. The topological polar surface area (TPSA) is 12.9 Å². The van der Waals surface area contributed by atoms with Crippen molar-refractivity contribution in [2.75, 3.05) is 0 Å². The van der Waals surface area contributed by atoms with Crippen LogP contribution in [-0.2, 0) is 0 Å². The standard InChI is InChI=1S/C10H11N/c1-3-9(2)8-10-4-6-11-7-5-10/h3-8H,1H2,2H3/b9-8-. The van der Waals surface area contributed by atoms with Crippen LogP contribution in [0.4, 0.5) is 0 Å². The zero-order valence-corrected chi connectivity index (χ0v) is 6.62. The first-order valence-electron chi connectivity index (χ1n) is 3.53. The van der Waals surface area contributed by atoms with E-state index in [1.807, 2.05) is 25.1 Å². The lowest BCUT2D eigenvalue weighted by atomic mass is 10.2. The minimum Gasteiger partial charge on any atom is -0.265 e. The fourth-order valence-corrected chi connectivity index (χ4v) is 0.781. The van der Waals surface area contributed by atoms with Gasteiger partial charge in [-0.05, 0) is 24.6 Å². The van der Waals surface area contributed by atoms with Crippen LogP contribution in [0.15, 0.2) is 42.8 Å². The second-order valence-corrected chi connectivity index (χ2v) is 2.37. The summed E-state index contributed by atoms with van der Waals surface area (Å²) in [4.78, 5) is 3.92. The van der Waals surface area contributed by atoms with Crippen molar-refractivity contribution < 1.29 is 0 Å². The van der Waals surface area contributed by atoms with E-state index in [-0.39, 0.29) is 0 Å². The van der Waals surface area contributed by atoms with Crippen molar-refractivity contribution in [3.63, 3.8) is 0 Å². The van der Waals surface area contributed by atoms with E-state index in [0.717, 1.165) is 11.1 Å². The van der Waals surface area contributed by atoms with Crippen molar-refractivity contribution in [1.29, 1.82) is 0 Å². The van der Waals surface area contributed by atoms with Crippen molar-refractivity contribution in [3.05, 3.63) is 48.3 Å². The first-order valence-corrected chi connectivity index (χ1v) is 3.53. The lowest BCUT2D eigenvalue weighted by molar-refractivity contribution is 1.32. The van der Waals surface area contributed by atoms with Gasteiger partial charge in [-0.15, -0.1) is 0 Å². The van der Waals surface area contributed by atoms with E-state index in [9.17, 15) is 0 Å². The Bertz CT molecular complexity index is 259. The highest BCUT2D eigenvalue weighted by Crippen LogP contribution is 2.04. The molecule has 0 amide bonds. The molecule has 0 saturated carbocycles. The van der Waals surface area contributed by atoms with E-state index in [1.54, 1.807) is 12.4 Å². The average molecular weight is 145 g/mol. The van der Waals surface area contributed by atoms with Gasteiger partial charge in [0.1, 0.15) is 0 Å². The third-order valence-electron chi connectivity index (χ3n) is 1.42. The van der Waals surface area contributed by atoms with Crippen LogP contribution < -0.4 is 0 Å². The monoisotopic (exact) mass is 145 g/mol. The number of pyridine rings is 1. The van der Waals surface area contributed by atoms with Crippen molar-refractivity contribution >= 4 is 6.08 Å². The molecule has 0 N–H and O–H groups in total. The van der Waals surface area contributed by atoms with Gasteiger partial charge >= 0.3 is 0 Å². The van der Waals surface area contributed by atoms with E-state index >= 15 is 0 Å². The predicted octanol–water partition coefficient (Wildman–Crippen LogP) is 2.67. The van der Waals surface area contributed by atoms with Crippen molar-refractivity contribution in [3.8, 4) is 0 Å². The summed E-state index contributed by atoms with van der Waals surface area (Å²) in [6.07, 6.45) is 7.46. The maximum Gasteiger partial charge on any atom is 0.0273 e. The number of hydrogen-bond acceptors (Lipinski definition) is 1. The Kier molecular flexibility index (Phi) is 2.61. The summed E-state index contributed by atoms with van der Waals surface area (Å²) >= 11 is 0. The van der Waals surface area contributed by atoms with Crippen molar-refractivity contribution in [1.82, 2.24) is 4.98 Å². The molecule has 0 aliphatic carbocycles. The summed E-state index contributed by atoms with van der Waals surface area (Å²) in [5, 5.41) is 0. The predicted molar refractivity (Wildman–Crippen MR) is 48.1 cm³/mol. The van der Waals surface area contributed by atoms with Gasteiger partial charge in [0, 0.05) is 12.4 Å². The quantitative estimate of drug-likeness (QED) is 0.583. The molecule has 0 aromatic carbocycles. The molecule has 1 nitrogen and oxygen atoms in total. The first kappa shape index (κ1) is 7.73. The molecular formula is C10H11N. The third-order valence-corrected chi connectivity index (χ3v) is 1.42. The van der Waals surface area contributed by atoms with E-state index in [2.05, 4.69) is 17.6 Å². The highest BCUT2D eigenvalue weighted by molar-refractivity contribution is 5.53. The summed E-state index contributed by atoms with van der Waals surface area (Å²) < 4.78 is 0. The summed E-state index contributed by atoms with van der Waals surface area (Å²) in [6.45, 7) is 5.69. The smallest absolute Gasteiger partial charge is 0.0273 e. The molecule has 0 radical (unpaired) electrons. The molecule has 1 heteroatoms. The normalized spacial score (nSPS) is 11.2. The van der Waals surface area contributed by atoms with Crippen molar-refractivity contribution in [2.24, 2.45) is 0 Å². The molecule has 0 fully saturated rings. The van der Waals surface area contributed by atoms with Crippen LogP contribution in [-0.4, -0.2) is 4.98 Å². The van der Waals surface area contributed by atoms with Gasteiger partial charge in [0.2, 0.25) is 0 Å². The van der Waals surface area contributed by atoms with E-state index < -0.39 is 0 Å². The van der Waals surface area contributed by atoms with Crippen LogP contribution in [0.25, 0.3) is 6.08 Å².